The summed E-state index contributed by atoms with van der Waals surface area (Å²) in [6.07, 6.45) is 1.60. The molecule has 0 radical (unpaired) electrons. The second kappa shape index (κ2) is 5.85. The van der Waals surface area contributed by atoms with Crippen LogP contribution in [0.2, 0.25) is 0 Å². The van der Waals surface area contributed by atoms with E-state index in [2.05, 4.69) is 11.1 Å². The molecule has 90 valence electrons. The fourth-order valence-electron chi connectivity index (χ4n) is 1.59. The molecule has 0 atom stereocenters. The molecule has 1 rings (SSSR count). The number of amides is 1. The second-order valence-electron chi connectivity index (χ2n) is 4.23. The van der Waals surface area contributed by atoms with Gasteiger partial charge >= 0.3 is 0 Å². The van der Waals surface area contributed by atoms with Crippen LogP contribution in [0.25, 0.3) is 0 Å². The highest BCUT2D eigenvalue weighted by Gasteiger charge is 2.15. The van der Waals surface area contributed by atoms with Crippen LogP contribution in [0, 0.1) is 17.2 Å². The van der Waals surface area contributed by atoms with Crippen molar-refractivity contribution in [3.63, 3.8) is 0 Å². The van der Waals surface area contributed by atoms with Crippen LogP contribution in [0.15, 0.2) is 18.3 Å². The Morgan fingerprint density at radius 3 is 2.88 bits per heavy atom. The molecule has 1 aromatic heterocycles. The molecule has 1 heterocycles. The van der Waals surface area contributed by atoms with Gasteiger partial charge in [-0.2, -0.15) is 5.26 Å². The van der Waals surface area contributed by atoms with E-state index >= 15 is 0 Å². The van der Waals surface area contributed by atoms with Crippen LogP contribution in [-0.2, 0) is 4.79 Å². The highest BCUT2D eigenvalue weighted by Crippen LogP contribution is 2.17. The number of anilines is 1. The Bertz CT molecular complexity index is 436. The Morgan fingerprint density at radius 2 is 2.35 bits per heavy atom. The largest absolute Gasteiger partial charge is 0.368 e. The SMILES string of the molecule is CC(C)CN(CC(N)=O)c1ncccc1C#N. The first-order chi connectivity index (χ1) is 8.04. The summed E-state index contributed by atoms with van der Waals surface area (Å²) in [5.74, 6) is 0.436. The van der Waals surface area contributed by atoms with Crippen LogP contribution in [0.1, 0.15) is 19.4 Å². The van der Waals surface area contributed by atoms with E-state index in [9.17, 15) is 4.79 Å². The molecule has 17 heavy (non-hydrogen) atoms. The van der Waals surface area contributed by atoms with Crippen LogP contribution in [0.5, 0.6) is 0 Å². The van der Waals surface area contributed by atoms with Gasteiger partial charge in [0.15, 0.2) is 0 Å². The van der Waals surface area contributed by atoms with Gasteiger partial charge in [0.25, 0.3) is 0 Å². The molecule has 0 unspecified atom stereocenters. The lowest BCUT2D eigenvalue weighted by Gasteiger charge is -2.24. The molecule has 0 aromatic carbocycles. The molecule has 0 spiro atoms. The maximum Gasteiger partial charge on any atom is 0.236 e. The number of aromatic nitrogens is 1. The van der Waals surface area contributed by atoms with Crippen LogP contribution >= 0.6 is 0 Å². The highest BCUT2D eigenvalue weighted by molar-refractivity contribution is 5.79. The molecule has 0 saturated carbocycles. The molecule has 5 heteroatoms. The van der Waals surface area contributed by atoms with Gasteiger partial charge in [-0.05, 0) is 18.1 Å². The van der Waals surface area contributed by atoms with Crippen LogP contribution < -0.4 is 10.6 Å². The lowest BCUT2D eigenvalue weighted by molar-refractivity contribution is -0.116. The fourth-order valence-corrected chi connectivity index (χ4v) is 1.59. The van der Waals surface area contributed by atoms with E-state index in [1.165, 1.54) is 0 Å². The minimum Gasteiger partial charge on any atom is -0.368 e. The second-order valence-corrected chi connectivity index (χ2v) is 4.23. The minimum absolute atomic E-state index is 0.0733. The van der Waals surface area contributed by atoms with Gasteiger partial charge in [-0.15, -0.1) is 0 Å². The molecule has 0 saturated heterocycles. The van der Waals surface area contributed by atoms with E-state index in [0.717, 1.165) is 0 Å². The topological polar surface area (TPSA) is 83.0 Å². The van der Waals surface area contributed by atoms with E-state index in [4.69, 9.17) is 11.0 Å². The third-order valence-corrected chi connectivity index (χ3v) is 2.14. The summed E-state index contributed by atoms with van der Waals surface area (Å²) in [4.78, 5) is 16.9. The van der Waals surface area contributed by atoms with Gasteiger partial charge in [0, 0.05) is 12.7 Å². The molecule has 0 aliphatic rings. The summed E-state index contributed by atoms with van der Waals surface area (Å²) in [5, 5.41) is 9.00. The quantitative estimate of drug-likeness (QED) is 0.817. The predicted octanol–water partition coefficient (Wildman–Crippen LogP) is 0.901. The van der Waals surface area contributed by atoms with E-state index in [1.54, 1.807) is 23.2 Å². The first-order valence-corrected chi connectivity index (χ1v) is 5.43. The van der Waals surface area contributed by atoms with E-state index < -0.39 is 5.91 Å². The van der Waals surface area contributed by atoms with E-state index in [1.807, 2.05) is 13.8 Å². The van der Waals surface area contributed by atoms with Crippen molar-refractivity contribution in [2.75, 3.05) is 18.0 Å². The average Bonchev–Trinajstić information content (AvgIpc) is 2.27. The molecule has 1 aromatic rings. The lowest BCUT2D eigenvalue weighted by atomic mass is 10.2. The molecular formula is C12H16N4O. The van der Waals surface area contributed by atoms with Gasteiger partial charge in [0.1, 0.15) is 11.9 Å². The number of carbonyl (C=O) groups is 1. The minimum atomic E-state index is -0.430. The Hall–Kier alpha value is -2.09. The van der Waals surface area contributed by atoms with Crippen molar-refractivity contribution in [2.45, 2.75) is 13.8 Å². The maximum absolute atomic E-state index is 11.0. The monoisotopic (exact) mass is 232 g/mol. The summed E-state index contributed by atoms with van der Waals surface area (Å²) in [7, 11) is 0. The average molecular weight is 232 g/mol. The van der Waals surface area contributed by atoms with Gasteiger partial charge < -0.3 is 10.6 Å². The number of nitriles is 1. The van der Waals surface area contributed by atoms with Crippen LogP contribution in [0.3, 0.4) is 0 Å². The molecular weight excluding hydrogens is 216 g/mol. The number of primary amides is 1. The van der Waals surface area contributed by atoms with Crippen molar-refractivity contribution in [1.29, 1.82) is 5.26 Å². The number of hydrogen-bond donors (Lipinski definition) is 1. The van der Waals surface area contributed by atoms with Gasteiger partial charge in [-0.1, -0.05) is 13.8 Å². The maximum atomic E-state index is 11.0. The van der Waals surface area contributed by atoms with Gasteiger partial charge in [-0.3, -0.25) is 4.79 Å². The van der Waals surface area contributed by atoms with Crippen molar-refractivity contribution in [3.8, 4) is 6.07 Å². The summed E-state index contributed by atoms with van der Waals surface area (Å²) < 4.78 is 0. The third-order valence-electron chi connectivity index (χ3n) is 2.14. The predicted molar refractivity (Wildman–Crippen MR) is 65.2 cm³/mol. The molecule has 0 aliphatic heterocycles. The van der Waals surface area contributed by atoms with Crippen molar-refractivity contribution in [3.05, 3.63) is 23.9 Å². The highest BCUT2D eigenvalue weighted by atomic mass is 16.1. The van der Waals surface area contributed by atoms with Gasteiger partial charge in [0.05, 0.1) is 12.1 Å². The summed E-state index contributed by atoms with van der Waals surface area (Å²) >= 11 is 0. The van der Waals surface area contributed by atoms with E-state index in [-0.39, 0.29) is 6.54 Å². The molecule has 5 nitrogen and oxygen atoms in total. The van der Waals surface area contributed by atoms with Crippen molar-refractivity contribution in [2.24, 2.45) is 11.7 Å². The van der Waals surface area contributed by atoms with Crippen molar-refractivity contribution in [1.82, 2.24) is 4.98 Å². The first-order valence-electron chi connectivity index (χ1n) is 5.43. The number of rotatable bonds is 5. The Kier molecular flexibility index (Phi) is 4.46. The standard InChI is InChI=1S/C12H16N4O/c1-9(2)7-16(8-11(14)17)12-10(6-13)4-3-5-15-12/h3-5,9H,7-8H2,1-2H3,(H2,14,17). The first kappa shape index (κ1) is 13.0. The zero-order valence-corrected chi connectivity index (χ0v) is 10.1. The van der Waals surface area contributed by atoms with Gasteiger partial charge in [0.2, 0.25) is 5.91 Å². The molecule has 2 N–H and O–H groups in total. The summed E-state index contributed by atoms with van der Waals surface area (Å²) in [6.45, 7) is 4.77. The Labute approximate surface area is 101 Å². The van der Waals surface area contributed by atoms with Crippen LogP contribution in [-0.4, -0.2) is 24.0 Å². The zero-order valence-electron chi connectivity index (χ0n) is 10.1. The number of hydrogen-bond acceptors (Lipinski definition) is 4. The third kappa shape index (κ3) is 3.76. The number of carbonyl (C=O) groups excluding carboxylic acids is 1. The molecule has 0 fully saturated rings. The Balaban J connectivity index is 3.03. The fraction of sp³-hybridized carbons (Fsp3) is 0.417. The normalized spacial score (nSPS) is 10.0. The smallest absolute Gasteiger partial charge is 0.236 e. The van der Waals surface area contributed by atoms with E-state index in [0.29, 0.717) is 23.8 Å². The molecule has 0 bridgehead atoms. The number of nitrogens with two attached hydrogens (primary N) is 1. The summed E-state index contributed by atoms with van der Waals surface area (Å²) in [6, 6.07) is 5.44. The Morgan fingerprint density at radius 1 is 1.65 bits per heavy atom. The zero-order chi connectivity index (χ0) is 12.8. The van der Waals surface area contributed by atoms with Gasteiger partial charge in [-0.25, -0.2) is 4.98 Å². The number of nitrogens with zero attached hydrogens (tertiary/aromatic N) is 3. The van der Waals surface area contributed by atoms with Crippen molar-refractivity contribution < 1.29 is 4.79 Å². The molecule has 1 amide bonds. The molecule has 0 aliphatic carbocycles. The van der Waals surface area contributed by atoms with Crippen LogP contribution in [0.4, 0.5) is 5.82 Å². The number of pyridine rings is 1. The van der Waals surface area contributed by atoms with Crippen molar-refractivity contribution >= 4 is 11.7 Å². The lowest BCUT2D eigenvalue weighted by Crippen LogP contribution is -2.37. The summed E-state index contributed by atoms with van der Waals surface area (Å²) in [5.41, 5.74) is 5.66.